The highest BCUT2D eigenvalue weighted by molar-refractivity contribution is 5.97. The molecule has 1 saturated heterocycles. The van der Waals surface area contributed by atoms with Gasteiger partial charge in [0.15, 0.2) is 0 Å². The predicted molar refractivity (Wildman–Crippen MR) is 74.1 cm³/mol. The molecule has 0 bridgehead atoms. The van der Waals surface area contributed by atoms with Crippen molar-refractivity contribution >= 4 is 17.5 Å². The smallest absolute Gasteiger partial charge is 0.229 e. The molecule has 1 fully saturated rings. The van der Waals surface area contributed by atoms with E-state index in [4.69, 9.17) is 4.42 Å². The van der Waals surface area contributed by atoms with E-state index >= 15 is 0 Å². The molecular weight excluding hydrogens is 272 g/mol. The van der Waals surface area contributed by atoms with E-state index in [1.807, 2.05) is 6.07 Å². The molecule has 110 valence electrons. The largest absolute Gasteiger partial charge is 0.467 e. The van der Waals surface area contributed by atoms with Crippen molar-refractivity contribution in [3.8, 4) is 0 Å². The molecule has 0 spiro atoms. The Kier molecular flexibility index (Phi) is 3.47. The van der Waals surface area contributed by atoms with Gasteiger partial charge in [-0.25, -0.2) is 0 Å². The maximum absolute atomic E-state index is 12.2. The highest BCUT2D eigenvalue weighted by Gasteiger charge is 2.34. The molecule has 1 atom stereocenters. The van der Waals surface area contributed by atoms with E-state index in [0.29, 0.717) is 18.8 Å². The molecule has 1 N–H and O–H groups in total. The molecule has 1 unspecified atom stereocenters. The molecule has 0 radical (unpaired) electrons. The van der Waals surface area contributed by atoms with Gasteiger partial charge in [-0.15, -0.1) is 0 Å². The Morgan fingerprint density at radius 3 is 3.10 bits per heavy atom. The zero-order chi connectivity index (χ0) is 14.8. The number of amides is 2. The normalized spacial score (nSPS) is 18.2. The molecule has 1 aliphatic heterocycles. The third-order valence-electron chi connectivity index (χ3n) is 3.48. The van der Waals surface area contributed by atoms with E-state index in [1.54, 1.807) is 41.4 Å². The first kappa shape index (κ1) is 13.4. The molecule has 7 heteroatoms. The highest BCUT2D eigenvalue weighted by Crippen LogP contribution is 2.21. The summed E-state index contributed by atoms with van der Waals surface area (Å²) >= 11 is 0. The molecule has 0 aromatic carbocycles. The maximum Gasteiger partial charge on any atom is 0.229 e. The van der Waals surface area contributed by atoms with E-state index in [9.17, 15) is 9.59 Å². The standard InChI is InChI=1S/C14H16N4O3/c1-17-8-11(6-15-17)16-14(20)10-5-13(19)18(7-10)9-12-3-2-4-21-12/h2-4,6,8,10H,5,7,9H2,1H3,(H,16,20). The summed E-state index contributed by atoms with van der Waals surface area (Å²) in [5.74, 6) is 0.195. The van der Waals surface area contributed by atoms with Gasteiger partial charge in [-0.05, 0) is 12.1 Å². The van der Waals surface area contributed by atoms with Crippen LogP contribution in [0.4, 0.5) is 5.69 Å². The van der Waals surface area contributed by atoms with E-state index in [1.165, 1.54) is 0 Å². The number of aromatic nitrogens is 2. The van der Waals surface area contributed by atoms with Crippen LogP contribution in [0.5, 0.6) is 0 Å². The minimum Gasteiger partial charge on any atom is -0.467 e. The number of nitrogens with one attached hydrogen (secondary N) is 1. The van der Waals surface area contributed by atoms with Crippen LogP contribution in [0.2, 0.25) is 0 Å². The molecule has 2 aromatic heterocycles. The van der Waals surface area contributed by atoms with Crippen LogP contribution < -0.4 is 5.32 Å². The van der Waals surface area contributed by atoms with Crippen LogP contribution in [0.1, 0.15) is 12.2 Å². The van der Waals surface area contributed by atoms with Crippen molar-refractivity contribution < 1.29 is 14.0 Å². The van der Waals surface area contributed by atoms with Gasteiger partial charge in [0.2, 0.25) is 11.8 Å². The quantitative estimate of drug-likeness (QED) is 0.910. The molecule has 21 heavy (non-hydrogen) atoms. The minimum atomic E-state index is -0.340. The van der Waals surface area contributed by atoms with Crippen molar-refractivity contribution in [2.75, 3.05) is 11.9 Å². The number of carbonyl (C=O) groups excluding carboxylic acids is 2. The van der Waals surface area contributed by atoms with Crippen LogP contribution in [-0.4, -0.2) is 33.0 Å². The van der Waals surface area contributed by atoms with Crippen LogP contribution >= 0.6 is 0 Å². The van der Waals surface area contributed by atoms with Crippen LogP contribution in [0.3, 0.4) is 0 Å². The average molecular weight is 288 g/mol. The summed E-state index contributed by atoms with van der Waals surface area (Å²) in [7, 11) is 1.78. The number of rotatable bonds is 4. The van der Waals surface area contributed by atoms with Gasteiger partial charge in [0.25, 0.3) is 0 Å². The topological polar surface area (TPSA) is 80.4 Å². The second-order valence-electron chi connectivity index (χ2n) is 5.15. The second-order valence-corrected chi connectivity index (χ2v) is 5.15. The van der Waals surface area contributed by atoms with Gasteiger partial charge in [0, 0.05) is 26.2 Å². The van der Waals surface area contributed by atoms with Gasteiger partial charge in [-0.1, -0.05) is 0 Å². The number of furan rings is 1. The monoisotopic (exact) mass is 288 g/mol. The van der Waals surface area contributed by atoms with Crippen molar-refractivity contribution in [2.24, 2.45) is 13.0 Å². The predicted octanol–water partition coefficient (Wildman–Crippen LogP) is 1.00. The Hall–Kier alpha value is -2.57. The van der Waals surface area contributed by atoms with Crippen LogP contribution in [-0.2, 0) is 23.2 Å². The molecule has 3 heterocycles. The first-order valence-corrected chi connectivity index (χ1v) is 6.71. The number of anilines is 1. The highest BCUT2D eigenvalue weighted by atomic mass is 16.3. The van der Waals surface area contributed by atoms with Crippen LogP contribution in [0.25, 0.3) is 0 Å². The first-order valence-electron chi connectivity index (χ1n) is 6.71. The number of aryl methyl sites for hydroxylation is 1. The molecular formula is C14H16N4O3. The van der Waals surface area contributed by atoms with Crippen LogP contribution in [0.15, 0.2) is 35.2 Å². The van der Waals surface area contributed by atoms with E-state index in [2.05, 4.69) is 10.4 Å². The maximum atomic E-state index is 12.2. The summed E-state index contributed by atoms with van der Waals surface area (Å²) in [4.78, 5) is 25.8. The van der Waals surface area contributed by atoms with E-state index < -0.39 is 0 Å². The zero-order valence-corrected chi connectivity index (χ0v) is 11.7. The molecule has 2 aromatic rings. The second kappa shape index (κ2) is 5.43. The minimum absolute atomic E-state index is 0.0299. The summed E-state index contributed by atoms with van der Waals surface area (Å²) < 4.78 is 6.84. The summed E-state index contributed by atoms with van der Waals surface area (Å²) in [5, 5.41) is 6.77. The molecule has 0 saturated carbocycles. The Morgan fingerprint density at radius 2 is 2.43 bits per heavy atom. The summed E-state index contributed by atoms with van der Waals surface area (Å²) in [6.07, 6.45) is 5.10. The SMILES string of the molecule is Cn1cc(NC(=O)C2CC(=O)N(Cc3ccco3)C2)cn1. The number of carbonyl (C=O) groups is 2. The van der Waals surface area contributed by atoms with Gasteiger partial charge < -0.3 is 14.6 Å². The van der Waals surface area contributed by atoms with Gasteiger partial charge in [-0.2, -0.15) is 5.10 Å². The molecule has 3 rings (SSSR count). The van der Waals surface area contributed by atoms with Gasteiger partial charge in [0.05, 0.1) is 30.6 Å². The van der Waals surface area contributed by atoms with Crippen molar-refractivity contribution in [1.82, 2.24) is 14.7 Å². The van der Waals surface area contributed by atoms with Crippen molar-refractivity contribution in [3.05, 3.63) is 36.5 Å². The zero-order valence-electron chi connectivity index (χ0n) is 11.7. The summed E-state index contributed by atoms with van der Waals surface area (Å²) in [5.41, 5.74) is 0.638. The average Bonchev–Trinajstić information content (AvgIpc) is 3.15. The molecule has 0 aliphatic carbocycles. The fourth-order valence-corrected chi connectivity index (χ4v) is 2.42. The fraction of sp³-hybridized carbons (Fsp3) is 0.357. The number of hydrogen-bond acceptors (Lipinski definition) is 4. The summed E-state index contributed by atoms with van der Waals surface area (Å²) in [6.45, 7) is 0.814. The third kappa shape index (κ3) is 2.96. The number of likely N-dealkylation sites (tertiary alicyclic amines) is 1. The lowest BCUT2D eigenvalue weighted by Crippen LogP contribution is -2.27. The van der Waals surface area contributed by atoms with E-state index in [-0.39, 0.29) is 24.2 Å². The Labute approximate surface area is 121 Å². The van der Waals surface area contributed by atoms with Crippen molar-refractivity contribution in [1.29, 1.82) is 0 Å². The third-order valence-corrected chi connectivity index (χ3v) is 3.48. The molecule has 1 aliphatic rings. The van der Waals surface area contributed by atoms with Crippen LogP contribution in [0, 0.1) is 5.92 Å². The number of nitrogens with zero attached hydrogens (tertiary/aromatic N) is 3. The fourth-order valence-electron chi connectivity index (χ4n) is 2.42. The first-order chi connectivity index (χ1) is 10.1. The lowest BCUT2D eigenvalue weighted by atomic mass is 10.1. The van der Waals surface area contributed by atoms with Gasteiger partial charge in [-0.3, -0.25) is 14.3 Å². The lowest BCUT2D eigenvalue weighted by Gasteiger charge is -2.14. The lowest BCUT2D eigenvalue weighted by molar-refractivity contribution is -0.128. The number of hydrogen-bond donors (Lipinski definition) is 1. The molecule has 2 amide bonds. The van der Waals surface area contributed by atoms with Crippen molar-refractivity contribution in [2.45, 2.75) is 13.0 Å². The molecule has 7 nitrogen and oxygen atoms in total. The van der Waals surface area contributed by atoms with Gasteiger partial charge >= 0.3 is 0 Å². The van der Waals surface area contributed by atoms with Gasteiger partial charge in [0.1, 0.15) is 5.76 Å². The van der Waals surface area contributed by atoms with E-state index in [0.717, 1.165) is 5.76 Å². The Balaban J connectivity index is 1.59. The summed E-state index contributed by atoms with van der Waals surface area (Å²) in [6, 6.07) is 3.60. The Bertz CT molecular complexity index is 647. The van der Waals surface area contributed by atoms with Crippen molar-refractivity contribution in [3.63, 3.8) is 0 Å². The Morgan fingerprint density at radius 1 is 1.57 bits per heavy atom.